The summed E-state index contributed by atoms with van der Waals surface area (Å²) in [5.74, 6) is -0.322. The number of methoxy groups -OCH3 is 1. The molecule has 0 heterocycles. The van der Waals surface area contributed by atoms with Crippen molar-refractivity contribution in [2.45, 2.75) is 13.8 Å². The monoisotopic (exact) mass is 198 g/mol. The van der Waals surface area contributed by atoms with Gasteiger partial charge in [0.05, 0.1) is 12.7 Å². The van der Waals surface area contributed by atoms with Gasteiger partial charge in [-0.15, -0.1) is 0 Å². The van der Waals surface area contributed by atoms with E-state index in [1.807, 2.05) is 13.8 Å². The van der Waals surface area contributed by atoms with Crippen molar-refractivity contribution in [1.82, 2.24) is 0 Å². The maximum absolute atomic E-state index is 11.2. The molecule has 0 fully saturated rings. The van der Waals surface area contributed by atoms with Crippen molar-refractivity contribution in [2.24, 2.45) is 0 Å². The van der Waals surface area contributed by atoms with E-state index in [0.29, 0.717) is 10.6 Å². The van der Waals surface area contributed by atoms with Gasteiger partial charge in [0.25, 0.3) is 0 Å². The molecule has 1 aromatic rings. The quantitative estimate of drug-likeness (QED) is 0.649. The highest BCUT2D eigenvalue weighted by Gasteiger charge is 2.11. The molecule has 1 aromatic carbocycles. The van der Waals surface area contributed by atoms with E-state index in [1.54, 1.807) is 12.1 Å². The van der Waals surface area contributed by atoms with Crippen LogP contribution in [-0.2, 0) is 4.74 Å². The van der Waals surface area contributed by atoms with Gasteiger partial charge in [0, 0.05) is 5.02 Å². The van der Waals surface area contributed by atoms with Gasteiger partial charge in [-0.1, -0.05) is 11.6 Å². The van der Waals surface area contributed by atoms with Crippen molar-refractivity contribution in [1.29, 1.82) is 0 Å². The minimum absolute atomic E-state index is 0.322. The smallest absolute Gasteiger partial charge is 0.338 e. The zero-order valence-corrected chi connectivity index (χ0v) is 8.61. The molecular weight excluding hydrogens is 188 g/mol. The molecule has 70 valence electrons. The Morgan fingerprint density at radius 1 is 1.31 bits per heavy atom. The van der Waals surface area contributed by atoms with Crippen LogP contribution in [0.5, 0.6) is 0 Å². The molecule has 2 nitrogen and oxygen atoms in total. The Balaban J connectivity index is 3.26. The van der Waals surface area contributed by atoms with Crippen LogP contribution in [-0.4, -0.2) is 13.1 Å². The van der Waals surface area contributed by atoms with Crippen LogP contribution in [0.25, 0.3) is 0 Å². The molecule has 0 N–H and O–H groups in total. The molecule has 3 heteroatoms. The van der Waals surface area contributed by atoms with E-state index in [0.717, 1.165) is 11.1 Å². The number of halogens is 1. The van der Waals surface area contributed by atoms with Gasteiger partial charge in [-0.3, -0.25) is 0 Å². The normalized spacial score (nSPS) is 9.85. The van der Waals surface area contributed by atoms with Gasteiger partial charge in [-0.05, 0) is 37.1 Å². The van der Waals surface area contributed by atoms with Gasteiger partial charge in [0.1, 0.15) is 0 Å². The molecule has 0 aromatic heterocycles. The molecule has 0 radical (unpaired) electrons. The molecule has 13 heavy (non-hydrogen) atoms. The molecule has 0 saturated carbocycles. The van der Waals surface area contributed by atoms with Crippen LogP contribution < -0.4 is 0 Å². The lowest BCUT2D eigenvalue weighted by Crippen LogP contribution is -2.04. The van der Waals surface area contributed by atoms with Crippen LogP contribution in [0, 0.1) is 13.8 Å². The second kappa shape index (κ2) is 3.79. The number of rotatable bonds is 1. The third kappa shape index (κ3) is 1.83. The van der Waals surface area contributed by atoms with Crippen molar-refractivity contribution in [3.8, 4) is 0 Å². The summed E-state index contributed by atoms with van der Waals surface area (Å²) in [7, 11) is 1.37. The maximum atomic E-state index is 11.2. The number of carbonyl (C=O) groups is 1. The van der Waals surface area contributed by atoms with Gasteiger partial charge >= 0.3 is 5.97 Å². The number of carbonyl (C=O) groups excluding carboxylic acids is 1. The first-order valence-corrected chi connectivity index (χ1v) is 4.29. The first-order chi connectivity index (χ1) is 6.07. The van der Waals surface area contributed by atoms with E-state index < -0.39 is 0 Å². The fourth-order valence-electron chi connectivity index (χ4n) is 1.12. The standard InChI is InChI=1S/C10H11ClO2/c1-6-7(2)9(11)5-4-8(6)10(12)13-3/h4-5H,1-3H3. The van der Waals surface area contributed by atoms with Crippen molar-refractivity contribution < 1.29 is 9.53 Å². The number of benzene rings is 1. The number of esters is 1. The van der Waals surface area contributed by atoms with Gasteiger partial charge in [0.2, 0.25) is 0 Å². The van der Waals surface area contributed by atoms with Crippen molar-refractivity contribution in [3.05, 3.63) is 33.8 Å². The Morgan fingerprint density at radius 3 is 2.46 bits per heavy atom. The van der Waals surface area contributed by atoms with Gasteiger partial charge in [-0.2, -0.15) is 0 Å². The molecule has 0 aliphatic heterocycles. The first-order valence-electron chi connectivity index (χ1n) is 3.92. The fraction of sp³-hybridized carbons (Fsp3) is 0.300. The summed E-state index contributed by atoms with van der Waals surface area (Å²) < 4.78 is 4.63. The molecule has 0 atom stereocenters. The highest BCUT2D eigenvalue weighted by Crippen LogP contribution is 2.22. The lowest BCUT2D eigenvalue weighted by atomic mass is 10.0. The Labute approximate surface area is 82.5 Å². The van der Waals surface area contributed by atoms with Crippen LogP contribution in [0.15, 0.2) is 12.1 Å². The Kier molecular flexibility index (Phi) is 2.94. The predicted octanol–water partition coefficient (Wildman–Crippen LogP) is 2.74. The molecular formula is C10H11ClO2. The van der Waals surface area contributed by atoms with Crippen LogP contribution in [0.2, 0.25) is 5.02 Å². The Hall–Kier alpha value is -1.02. The molecule has 0 unspecified atom stereocenters. The number of hydrogen-bond acceptors (Lipinski definition) is 2. The fourth-order valence-corrected chi connectivity index (χ4v) is 1.32. The minimum Gasteiger partial charge on any atom is -0.465 e. The molecule has 0 amide bonds. The molecule has 0 aliphatic carbocycles. The third-order valence-corrected chi connectivity index (χ3v) is 2.54. The van der Waals surface area contributed by atoms with Crippen molar-refractivity contribution >= 4 is 17.6 Å². The number of ether oxygens (including phenoxy) is 1. The van der Waals surface area contributed by atoms with Gasteiger partial charge in [0.15, 0.2) is 0 Å². The van der Waals surface area contributed by atoms with Gasteiger partial charge < -0.3 is 4.74 Å². The Morgan fingerprint density at radius 2 is 1.92 bits per heavy atom. The summed E-state index contributed by atoms with van der Waals surface area (Å²) in [5.41, 5.74) is 2.37. The first kappa shape index (κ1) is 10.1. The summed E-state index contributed by atoms with van der Waals surface area (Å²) in [6, 6.07) is 3.38. The zero-order valence-electron chi connectivity index (χ0n) is 7.85. The third-order valence-electron chi connectivity index (χ3n) is 2.13. The minimum atomic E-state index is -0.322. The van der Waals surface area contributed by atoms with E-state index >= 15 is 0 Å². The number of hydrogen-bond donors (Lipinski definition) is 0. The predicted molar refractivity (Wildman–Crippen MR) is 52.3 cm³/mol. The summed E-state index contributed by atoms with van der Waals surface area (Å²) in [6.07, 6.45) is 0. The van der Waals surface area contributed by atoms with Crippen LogP contribution in [0.4, 0.5) is 0 Å². The summed E-state index contributed by atoms with van der Waals surface area (Å²) in [6.45, 7) is 3.73. The van der Waals surface area contributed by atoms with Crippen molar-refractivity contribution in [3.63, 3.8) is 0 Å². The van der Waals surface area contributed by atoms with Crippen LogP contribution in [0.3, 0.4) is 0 Å². The highest BCUT2D eigenvalue weighted by molar-refractivity contribution is 6.31. The molecule has 0 aliphatic rings. The van der Waals surface area contributed by atoms with E-state index in [2.05, 4.69) is 4.74 Å². The topological polar surface area (TPSA) is 26.3 Å². The van der Waals surface area contributed by atoms with E-state index in [4.69, 9.17) is 11.6 Å². The molecule has 1 rings (SSSR count). The van der Waals surface area contributed by atoms with E-state index in [1.165, 1.54) is 7.11 Å². The average molecular weight is 199 g/mol. The average Bonchev–Trinajstić information content (AvgIpc) is 2.13. The molecule has 0 saturated heterocycles. The maximum Gasteiger partial charge on any atom is 0.338 e. The second-order valence-corrected chi connectivity index (χ2v) is 3.24. The van der Waals surface area contributed by atoms with Crippen LogP contribution >= 0.6 is 11.6 Å². The second-order valence-electron chi connectivity index (χ2n) is 2.84. The Bertz CT molecular complexity index is 345. The van der Waals surface area contributed by atoms with Crippen LogP contribution in [0.1, 0.15) is 21.5 Å². The summed E-state index contributed by atoms with van der Waals surface area (Å²) in [4.78, 5) is 11.2. The van der Waals surface area contributed by atoms with E-state index in [-0.39, 0.29) is 5.97 Å². The van der Waals surface area contributed by atoms with Gasteiger partial charge in [-0.25, -0.2) is 4.79 Å². The largest absolute Gasteiger partial charge is 0.465 e. The lowest BCUT2D eigenvalue weighted by Gasteiger charge is -2.07. The zero-order chi connectivity index (χ0) is 10.0. The van der Waals surface area contributed by atoms with Crippen molar-refractivity contribution in [2.75, 3.05) is 7.11 Å². The molecule has 0 bridgehead atoms. The summed E-state index contributed by atoms with van der Waals surface area (Å²) >= 11 is 5.88. The lowest BCUT2D eigenvalue weighted by molar-refractivity contribution is 0.0600. The highest BCUT2D eigenvalue weighted by atomic mass is 35.5. The summed E-state index contributed by atoms with van der Waals surface area (Å²) in [5, 5.41) is 0.671. The SMILES string of the molecule is COC(=O)c1ccc(Cl)c(C)c1C. The van der Waals surface area contributed by atoms with E-state index in [9.17, 15) is 4.79 Å². The molecule has 0 spiro atoms.